The predicted octanol–water partition coefficient (Wildman–Crippen LogP) is 3.11. The van der Waals surface area contributed by atoms with Gasteiger partial charge >= 0.3 is 0 Å². The van der Waals surface area contributed by atoms with Gasteiger partial charge < -0.3 is 10.6 Å². The van der Waals surface area contributed by atoms with Crippen LogP contribution in [0, 0.1) is 5.82 Å². The third kappa shape index (κ3) is 2.89. The smallest absolute Gasteiger partial charge is 0.254 e. The Morgan fingerprint density at radius 3 is 2.90 bits per heavy atom. The summed E-state index contributed by atoms with van der Waals surface area (Å²) in [7, 11) is 0. The Labute approximate surface area is 123 Å². The number of carbonyl (C=O) groups is 1. The van der Waals surface area contributed by atoms with Crippen molar-refractivity contribution in [2.45, 2.75) is 19.4 Å². The number of aryl methyl sites for hydroxylation is 1. The molecule has 2 aromatic rings. The summed E-state index contributed by atoms with van der Waals surface area (Å²) in [6, 6.07) is 12.1. The summed E-state index contributed by atoms with van der Waals surface area (Å²) in [6.07, 6.45) is 2.18. The minimum atomic E-state index is -0.497. The number of amides is 1. The molecule has 0 fully saturated rings. The number of hydrogen-bond donors (Lipinski definition) is 2. The first kappa shape index (κ1) is 13.6. The van der Waals surface area contributed by atoms with Crippen LogP contribution in [0.1, 0.15) is 27.9 Å². The number of hydrogen-bond acceptors (Lipinski definition) is 2. The predicted molar refractivity (Wildman–Crippen MR) is 80.8 cm³/mol. The number of carbonyl (C=O) groups excluding carboxylic acids is 1. The molecule has 0 aromatic heterocycles. The molecule has 3 nitrogen and oxygen atoms in total. The summed E-state index contributed by atoms with van der Waals surface area (Å²) in [4.78, 5) is 12.0. The highest BCUT2D eigenvalue weighted by molar-refractivity contribution is 5.94. The van der Waals surface area contributed by atoms with Crippen LogP contribution >= 0.6 is 0 Å². The summed E-state index contributed by atoms with van der Waals surface area (Å²) < 4.78 is 13.6. The highest BCUT2D eigenvalue weighted by atomic mass is 19.1. The maximum atomic E-state index is 13.6. The fraction of sp³-hybridized carbons (Fsp3) is 0.235. The highest BCUT2D eigenvalue weighted by Gasteiger charge is 2.14. The molecule has 1 amide bonds. The second kappa shape index (κ2) is 5.95. The van der Waals surface area contributed by atoms with Crippen LogP contribution < -0.4 is 10.6 Å². The number of anilines is 1. The molecule has 0 atom stereocenters. The van der Waals surface area contributed by atoms with E-state index in [0.29, 0.717) is 6.54 Å². The number of nitrogens with one attached hydrogen (secondary N) is 2. The lowest BCUT2D eigenvalue weighted by molar-refractivity contribution is 0.0947. The van der Waals surface area contributed by atoms with E-state index in [1.54, 1.807) is 12.1 Å². The first-order chi connectivity index (χ1) is 10.3. The molecule has 4 heteroatoms. The van der Waals surface area contributed by atoms with Crippen LogP contribution in [-0.2, 0) is 13.0 Å². The van der Waals surface area contributed by atoms with E-state index in [1.807, 2.05) is 12.1 Å². The average Bonchev–Trinajstić information content (AvgIpc) is 2.53. The van der Waals surface area contributed by atoms with Gasteiger partial charge in [-0.3, -0.25) is 4.79 Å². The molecule has 0 radical (unpaired) electrons. The van der Waals surface area contributed by atoms with Gasteiger partial charge in [-0.15, -0.1) is 0 Å². The lowest BCUT2D eigenvalue weighted by Gasteiger charge is -2.21. The summed E-state index contributed by atoms with van der Waals surface area (Å²) in [5.74, 6) is -0.885. The maximum absolute atomic E-state index is 13.6. The Kier molecular flexibility index (Phi) is 3.86. The standard InChI is InChI=1S/C17H17FN2O/c18-15-9-2-1-8-14(15)17(21)20-11-13-6-3-5-12-7-4-10-19-16(12)13/h1-3,5-6,8-9,19H,4,7,10-11H2,(H,20,21). The topological polar surface area (TPSA) is 41.1 Å². The van der Waals surface area contributed by atoms with Crippen LogP contribution in [0.2, 0.25) is 0 Å². The van der Waals surface area contributed by atoms with Crippen LogP contribution in [0.15, 0.2) is 42.5 Å². The molecule has 0 aliphatic carbocycles. The molecular formula is C17H17FN2O. The van der Waals surface area contributed by atoms with E-state index in [0.717, 1.165) is 30.6 Å². The van der Waals surface area contributed by atoms with Crippen LogP contribution in [0.3, 0.4) is 0 Å². The van der Waals surface area contributed by atoms with Gasteiger partial charge in [-0.2, -0.15) is 0 Å². The maximum Gasteiger partial charge on any atom is 0.254 e. The Bertz CT molecular complexity index is 670. The normalized spacial score (nSPS) is 13.2. The Balaban J connectivity index is 1.74. The van der Waals surface area contributed by atoms with Crippen LogP contribution in [0.25, 0.3) is 0 Å². The molecule has 21 heavy (non-hydrogen) atoms. The molecular weight excluding hydrogens is 267 g/mol. The van der Waals surface area contributed by atoms with Gasteiger partial charge in [0.15, 0.2) is 0 Å². The fourth-order valence-electron chi connectivity index (χ4n) is 2.64. The number of halogens is 1. The Hall–Kier alpha value is -2.36. The first-order valence-corrected chi connectivity index (χ1v) is 7.13. The van der Waals surface area contributed by atoms with Crippen molar-refractivity contribution in [2.75, 3.05) is 11.9 Å². The van der Waals surface area contributed by atoms with Crippen molar-refractivity contribution in [1.29, 1.82) is 0 Å². The van der Waals surface area contributed by atoms with E-state index < -0.39 is 5.82 Å². The average molecular weight is 284 g/mol. The lowest BCUT2D eigenvalue weighted by Crippen LogP contribution is -2.25. The van der Waals surface area contributed by atoms with Gasteiger partial charge in [-0.1, -0.05) is 30.3 Å². The fourth-order valence-corrected chi connectivity index (χ4v) is 2.64. The summed E-state index contributed by atoms with van der Waals surface area (Å²) in [6.45, 7) is 1.34. The van der Waals surface area contributed by atoms with Crippen molar-refractivity contribution in [3.05, 3.63) is 65.0 Å². The third-order valence-corrected chi connectivity index (χ3v) is 3.72. The molecule has 0 unspecified atom stereocenters. The molecule has 2 N–H and O–H groups in total. The van der Waals surface area contributed by atoms with Gasteiger partial charge in [0.05, 0.1) is 5.56 Å². The highest BCUT2D eigenvalue weighted by Crippen LogP contribution is 2.25. The summed E-state index contributed by atoms with van der Waals surface area (Å²) in [5, 5.41) is 6.17. The SMILES string of the molecule is O=C(NCc1cccc2c1NCCC2)c1ccccc1F. The minimum Gasteiger partial charge on any atom is -0.385 e. The van der Waals surface area contributed by atoms with Gasteiger partial charge in [0.25, 0.3) is 5.91 Å². The number of fused-ring (bicyclic) bond motifs is 1. The number of rotatable bonds is 3. The second-order valence-electron chi connectivity index (χ2n) is 5.14. The second-order valence-corrected chi connectivity index (χ2v) is 5.14. The quantitative estimate of drug-likeness (QED) is 0.909. The summed E-state index contributed by atoms with van der Waals surface area (Å²) in [5.41, 5.74) is 3.50. The zero-order valence-electron chi connectivity index (χ0n) is 11.7. The zero-order chi connectivity index (χ0) is 14.7. The van der Waals surface area contributed by atoms with Gasteiger partial charge in [-0.25, -0.2) is 4.39 Å². The molecule has 2 aromatic carbocycles. The van der Waals surface area contributed by atoms with Crippen LogP contribution in [0.4, 0.5) is 10.1 Å². The van der Waals surface area contributed by atoms with Crippen LogP contribution in [-0.4, -0.2) is 12.5 Å². The third-order valence-electron chi connectivity index (χ3n) is 3.72. The lowest BCUT2D eigenvalue weighted by atomic mass is 9.99. The Morgan fingerprint density at radius 1 is 1.19 bits per heavy atom. The van der Waals surface area contributed by atoms with E-state index in [9.17, 15) is 9.18 Å². The largest absolute Gasteiger partial charge is 0.385 e. The van der Waals surface area contributed by atoms with Crippen molar-refractivity contribution >= 4 is 11.6 Å². The molecule has 108 valence electrons. The van der Waals surface area contributed by atoms with E-state index in [4.69, 9.17) is 0 Å². The van der Waals surface area contributed by atoms with Gasteiger partial charge in [0.2, 0.25) is 0 Å². The monoisotopic (exact) mass is 284 g/mol. The van der Waals surface area contributed by atoms with Crippen molar-refractivity contribution in [3.8, 4) is 0 Å². The van der Waals surface area contributed by atoms with E-state index in [2.05, 4.69) is 16.7 Å². The molecule has 1 heterocycles. The van der Waals surface area contributed by atoms with E-state index in [1.165, 1.54) is 17.7 Å². The van der Waals surface area contributed by atoms with Gasteiger partial charge in [0.1, 0.15) is 5.82 Å². The molecule has 1 aliphatic rings. The number of para-hydroxylation sites is 1. The van der Waals surface area contributed by atoms with E-state index >= 15 is 0 Å². The molecule has 0 saturated heterocycles. The molecule has 3 rings (SSSR count). The minimum absolute atomic E-state index is 0.0789. The van der Waals surface area contributed by atoms with Gasteiger partial charge in [0, 0.05) is 18.8 Å². The molecule has 0 saturated carbocycles. The van der Waals surface area contributed by atoms with Crippen molar-refractivity contribution in [2.24, 2.45) is 0 Å². The number of benzene rings is 2. The van der Waals surface area contributed by atoms with Crippen molar-refractivity contribution in [3.63, 3.8) is 0 Å². The molecule has 0 bridgehead atoms. The van der Waals surface area contributed by atoms with Crippen molar-refractivity contribution < 1.29 is 9.18 Å². The van der Waals surface area contributed by atoms with Crippen LogP contribution in [0.5, 0.6) is 0 Å². The first-order valence-electron chi connectivity index (χ1n) is 7.13. The summed E-state index contributed by atoms with van der Waals surface area (Å²) >= 11 is 0. The molecule has 0 spiro atoms. The molecule has 1 aliphatic heterocycles. The van der Waals surface area contributed by atoms with E-state index in [-0.39, 0.29) is 11.5 Å². The zero-order valence-corrected chi connectivity index (χ0v) is 11.7. The van der Waals surface area contributed by atoms with Gasteiger partial charge in [-0.05, 0) is 36.1 Å². The Morgan fingerprint density at radius 2 is 2.05 bits per heavy atom. The van der Waals surface area contributed by atoms with Crippen molar-refractivity contribution in [1.82, 2.24) is 5.32 Å².